The van der Waals surface area contributed by atoms with Gasteiger partial charge in [-0.3, -0.25) is 4.79 Å². The highest BCUT2D eigenvalue weighted by Crippen LogP contribution is 2.31. The van der Waals surface area contributed by atoms with Gasteiger partial charge in [0.05, 0.1) is 23.3 Å². The lowest BCUT2D eigenvalue weighted by atomic mass is 9.95. The van der Waals surface area contributed by atoms with Crippen molar-refractivity contribution in [1.29, 1.82) is 10.5 Å². The van der Waals surface area contributed by atoms with Gasteiger partial charge in [0.2, 0.25) is 0 Å². The summed E-state index contributed by atoms with van der Waals surface area (Å²) in [5, 5.41) is 21.3. The molecule has 1 amide bonds. The summed E-state index contributed by atoms with van der Waals surface area (Å²) in [5.41, 5.74) is 2.36. The first-order valence-electron chi connectivity index (χ1n) is 11.4. The van der Waals surface area contributed by atoms with E-state index in [2.05, 4.69) is 17.5 Å². The van der Waals surface area contributed by atoms with Crippen LogP contribution in [0.5, 0.6) is 23.0 Å². The third-order valence-corrected chi connectivity index (χ3v) is 5.86. The van der Waals surface area contributed by atoms with Crippen LogP contribution in [0.4, 0.5) is 0 Å². The van der Waals surface area contributed by atoms with Crippen LogP contribution in [-0.2, 0) is 0 Å². The van der Waals surface area contributed by atoms with Crippen LogP contribution >= 0.6 is 0 Å². The third-order valence-electron chi connectivity index (χ3n) is 5.86. The van der Waals surface area contributed by atoms with Gasteiger partial charge >= 0.3 is 0 Å². The monoisotopic (exact) mass is 451 g/mol. The zero-order chi connectivity index (χ0) is 23.9. The maximum atomic E-state index is 13.0. The summed E-state index contributed by atoms with van der Waals surface area (Å²) >= 11 is 0. The molecule has 3 aromatic carbocycles. The number of rotatable bonds is 6. The minimum Gasteiger partial charge on any atom is -0.457 e. The van der Waals surface area contributed by atoms with Crippen molar-refractivity contribution in [3.63, 3.8) is 0 Å². The topological polar surface area (TPSA) is 95.1 Å². The standard InChI is InChI=1S/C28H25N3O3/c1-19-13-25(12-9-21(19)18-30)34-27-15-22(28(32)31-23-5-3-2-4-6-23)14-26(16-27)33-24-10-7-20(17-29)8-11-24/h7-16,23H,2-6H2,1H3,(H,31,32). The number of hydrogen-bond acceptors (Lipinski definition) is 5. The van der Waals surface area contributed by atoms with E-state index in [9.17, 15) is 10.1 Å². The van der Waals surface area contributed by atoms with Crippen LogP contribution in [0.3, 0.4) is 0 Å². The van der Waals surface area contributed by atoms with Crippen molar-refractivity contribution in [1.82, 2.24) is 5.32 Å². The summed E-state index contributed by atoms with van der Waals surface area (Å²) in [6.07, 6.45) is 5.43. The van der Waals surface area contributed by atoms with E-state index in [0.29, 0.717) is 39.7 Å². The lowest BCUT2D eigenvalue weighted by Crippen LogP contribution is -2.36. The van der Waals surface area contributed by atoms with Crippen molar-refractivity contribution >= 4 is 5.91 Å². The molecule has 0 bridgehead atoms. The molecule has 0 heterocycles. The van der Waals surface area contributed by atoms with E-state index >= 15 is 0 Å². The molecule has 1 aliphatic rings. The number of benzene rings is 3. The summed E-state index contributed by atoms with van der Waals surface area (Å²) in [7, 11) is 0. The lowest BCUT2D eigenvalue weighted by Gasteiger charge is -2.23. The van der Waals surface area contributed by atoms with Crippen LogP contribution in [0, 0.1) is 29.6 Å². The van der Waals surface area contributed by atoms with Crippen molar-refractivity contribution in [2.24, 2.45) is 0 Å². The largest absolute Gasteiger partial charge is 0.457 e. The third kappa shape index (κ3) is 5.74. The van der Waals surface area contributed by atoms with Gasteiger partial charge in [0, 0.05) is 17.7 Å². The Bertz CT molecular complexity index is 1260. The number of nitriles is 2. The first-order chi connectivity index (χ1) is 16.5. The zero-order valence-corrected chi connectivity index (χ0v) is 19.0. The van der Waals surface area contributed by atoms with E-state index < -0.39 is 0 Å². The Labute approximate surface area is 199 Å². The predicted molar refractivity (Wildman–Crippen MR) is 128 cm³/mol. The normalized spacial score (nSPS) is 13.4. The number of aryl methyl sites for hydroxylation is 1. The summed E-state index contributed by atoms with van der Waals surface area (Å²) in [4.78, 5) is 13.0. The Kier molecular flexibility index (Phi) is 7.10. The van der Waals surface area contributed by atoms with Crippen molar-refractivity contribution in [2.75, 3.05) is 0 Å². The molecule has 0 aromatic heterocycles. The maximum absolute atomic E-state index is 13.0. The van der Waals surface area contributed by atoms with Gasteiger partial charge in [0.15, 0.2) is 0 Å². The first kappa shape index (κ1) is 22.9. The fraction of sp³-hybridized carbons (Fsp3) is 0.250. The molecule has 6 nitrogen and oxygen atoms in total. The molecule has 0 radical (unpaired) electrons. The second kappa shape index (κ2) is 10.6. The minimum atomic E-state index is -0.168. The lowest BCUT2D eigenvalue weighted by molar-refractivity contribution is 0.0927. The smallest absolute Gasteiger partial charge is 0.251 e. The van der Waals surface area contributed by atoms with Gasteiger partial charge in [-0.2, -0.15) is 10.5 Å². The first-order valence-corrected chi connectivity index (χ1v) is 11.4. The number of nitrogens with zero attached hydrogens (tertiary/aromatic N) is 2. The van der Waals surface area contributed by atoms with Crippen molar-refractivity contribution < 1.29 is 14.3 Å². The number of nitrogens with one attached hydrogen (secondary N) is 1. The molecule has 6 heteroatoms. The summed E-state index contributed by atoms with van der Waals surface area (Å²) < 4.78 is 12.0. The van der Waals surface area contributed by atoms with E-state index in [4.69, 9.17) is 14.7 Å². The molecule has 0 saturated heterocycles. The van der Waals surface area contributed by atoms with Gasteiger partial charge in [-0.05, 0) is 79.9 Å². The number of carbonyl (C=O) groups excluding carboxylic acids is 1. The van der Waals surface area contributed by atoms with Gasteiger partial charge < -0.3 is 14.8 Å². The quantitative estimate of drug-likeness (QED) is 0.469. The fourth-order valence-electron chi connectivity index (χ4n) is 4.03. The minimum absolute atomic E-state index is 0.168. The summed E-state index contributed by atoms with van der Waals surface area (Å²) in [6.45, 7) is 1.85. The Morgan fingerprint density at radius 2 is 1.47 bits per heavy atom. The molecule has 1 N–H and O–H groups in total. The molecule has 0 atom stereocenters. The molecule has 34 heavy (non-hydrogen) atoms. The molecule has 0 spiro atoms. The molecule has 3 aromatic rings. The molecular weight excluding hydrogens is 426 g/mol. The predicted octanol–water partition coefficient (Wildman–Crippen LogP) is 6.39. The Hall–Kier alpha value is -4.29. The van der Waals surface area contributed by atoms with Gasteiger partial charge in [-0.15, -0.1) is 0 Å². The van der Waals surface area contributed by atoms with Crippen LogP contribution in [0.1, 0.15) is 59.2 Å². The van der Waals surface area contributed by atoms with Gasteiger partial charge in [0.25, 0.3) is 5.91 Å². The highest BCUT2D eigenvalue weighted by molar-refractivity contribution is 5.95. The van der Waals surface area contributed by atoms with E-state index in [0.717, 1.165) is 31.2 Å². The van der Waals surface area contributed by atoms with Crippen molar-refractivity contribution in [3.8, 4) is 35.1 Å². The number of ether oxygens (including phenoxy) is 2. The van der Waals surface area contributed by atoms with E-state index in [1.807, 2.05) is 6.92 Å². The van der Waals surface area contributed by atoms with Crippen LogP contribution in [0.25, 0.3) is 0 Å². The molecule has 4 rings (SSSR count). The SMILES string of the molecule is Cc1cc(Oc2cc(Oc3ccc(C#N)cc3)cc(C(=O)NC3CCCCC3)c2)ccc1C#N. The zero-order valence-electron chi connectivity index (χ0n) is 19.0. The molecule has 1 fully saturated rings. The maximum Gasteiger partial charge on any atom is 0.251 e. The van der Waals surface area contributed by atoms with E-state index in [1.165, 1.54) is 6.42 Å². The second-order valence-electron chi connectivity index (χ2n) is 8.43. The molecule has 0 unspecified atom stereocenters. The molecule has 170 valence electrons. The number of amides is 1. The van der Waals surface area contributed by atoms with Gasteiger partial charge in [0.1, 0.15) is 23.0 Å². The highest BCUT2D eigenvalue weighted by Gasteiger charge is 2.18. The highest BCUT2D eigenvalue weighted by atomic mass is 16.5. The van der Waals surface area contributed by atoms with E-state index in [-0.39, 0.29) is 11.9 Å². The van der Waals surface area contributed by atoms with Crippen LogP contribution in [-0.4, -0.2) is 11.9 Å². The second-order valence-corrected chi connectivity index (χ2v) is 8.43. The van der Waals surface area contributed by atoms with Gasteiger partial charge in [-0.1, -0.05) is 19.3 Å². The van der Waals surface area contributed by atoms with Gasteiger partial charge in [-0.25, -0.2) is 0 Å². The molecule has 0 aliphatic heterocycles. The summed E-state index contributed by atoms with van der Waals surface area (Å²) in [5.74, 6) is 1.83. The average Bonchev–Trinajstić information content (AvgIpc) is 2.85. The van der Waals surface area contributed by atoms with Crippen molar-refractivity contribution in [2.45, 2.75) is 45.1 Å². The summed E-state index contributed by atoms with van der Waals surface area (Å²) in [6, 6.07) is 21.5. The average molecular weight is 452 g/mol. The Morgan fingerprint density at radius 3 is 2.09 bits per heavy atom. The van der Waals surface area contributed by atoms with E-state index in [1.54, 1.807) is 60.7 Å². The molecule has 1 saturated carbocycles. The van der Waals surface area contributed by atoms with Crippen LogP contribution in [0.2, 0.25) is 0 Å². The molecule has 1 aliphatic carbocycles. The van der Waals surface area contributed by atoms with Crippen LogP contribution < -0.4 is 14.8 Å². The number of carbonyl (C=O) groups is 1. The van der Waals surface area contributed by atoms with Crippen molar-refractivity contribution in [3.05, 3.63) is 82.9 Å². The Morgan fingerprint density at radius 1 is 0.824 bits per heavy atom. The number of hydrogen-bond donors (Lipinski definition) is 1. The van der Waals surface area contributed by atoms with Crippen LogP contribution in [0.15, 0.2) is 60.7 Å². The Balaban J connectivity index is 1.61. The fourth-order valence-corrected chi connectivity index (χ4v) is 4.03. The molecular formula is C28H25N3O3.